The van der Waals surface area contributed by atoms with Crippen molar-refractivity contribution < 1.29 is 9.66 Å². The number of nitrogens with zero attached hydrogens (tertiary/aromatic N) is 1. The first-order valence-electron chi connectivity index (χ1n) is 4.40. The third-order valence-electron chi connectivity index (χ3n) is 1.75. The molecule has 0 aliphatic heterocycles. The van der Waals surface area contributed by atoms with Gasteiger partial charge >= 0.3 is 0 Å². The first kappa shape index (κ1) is 12.4. The number of ether oxygens (including phenoxy) is 1. The summed E-state index contributed by atoms with van der Waals surface area (Å²) in [6.45, 7) is 0.217. The summed E-state index contributed by atoms with van der Waals surface area (Å²) in [4.78, 5) is 10.0. The molecule has 1 rings (SSSR count). The fraction of sp³-hybridized carbons (Fsp3) is 0.222. The van der Waals surface area contributed by atoms with Gasteiger partial charge in [0.2, 0.25) is 0 Å². The Labute approximate surface area is 100 Å². The Bertz CT molecular complexity index is 422. The Morgan fingerprint density at radius 3 is 2.88 bits per heavy atom. The standard InChI is InChI=1S/C9H10BrN3O3/c10-7-2-1-6(13(14)15)5-8(7)16-4-3-9(11)12/h1-2,5H,3-4H2,(H3,11,12). The maximum Gasteiger partial charge on any atom is 0.273 e. The molecule has 7 heteroatoms. The molecule has 1 aromatic rings. The highest BCUT2D eigenvalue weighted by atomic mass is 79.9. The van der Waals surface area contributed by atoms with Crippen LogP contribution in [0.15, 0.2) is 22.7 Å². The molecule has 0 heterocycles. The number of halogens is 1. The van der Waals surface area contributed by atoms with E-state index in [1.807, 2.05) is 0 Å². The van der Waals surface area contributed by atoms with Crippen LogP contribution in [0.3, 0.4) is 0 Å². The summed E-state index contributed by atoms with van der Waals surface area (Å²) in [6.07, 6.45) is 0.287. The molecule has 0 saturated heterocycles. The average Bonchev–Trinajstić information content (AvgIpc) is 2.20. The Balaban J connectivity index is 2.74. The lowest BCUT2D eigenvalue weighted by atomic mass is 10.3. The molecule has 0 saturated carbocycles. The Morgan fingerprint density at radius 1 is 1.62 bits per heavy atom. The number of nitro groups is 1. The van der Waals surface area contributed by atoms with Crippen LogP contribution in [-0.2, 0) is 0 Å². The van der Waals surface area contributed by atoms with E-state index in [-0.39, 0.29) is 24.6 Å². The van der Waals surface area contributed by atoms with Crippen LogP contribution in [0.25, 0.3) is 0 Å². The molecule has 0 unspecified atom stereocenters. The first-order valence-corrected chi connectivity index (χ1v) is 5.19. The van der Waals surface area contributed by atoms with Gasteiger partial charge in [0.05, 0.1) is 27.9 Å². The summed E-state index contributed by atoms with van der Waals surface area (Å²) in [5, 5.41) is 17.5. The van der Waals surface area contributed by atoms with Crippen molar-refractivity contribution >= 4 is 27.5 Å². The fourth-order valence-corrected chi connectivity index (χ4v) is 1.35. The monoisotopic (exact) mass is 287 g/mol. The minimum Gasteiger partial charge on any atom is -0.492 e. The molecule has 0 bridgehead atoms. The number of amidine groups is 1. The van der Waals surface area contributed by atoms with Gasteiger partial charge in [-0.2, -0.15) is 0 Å². The first-order chi connectivity index (χ1) is 7.50. The largest absolute Gasteiger partial charge is 0.492 e. The smallest absolute Gasteiger partial charge is 0.273 e. The summed E-state index contributed by atoms with van der Waals surface area (Å²) >= 11 is 3.21. The van der Waals surface area contributed by atoms with Gasteiger partial charge < -0.3 is 10.5 Å². The fourth-order valence-electron chi connectivity index (χ4n) is 0.987. The van der Waals surface area contributed by atoms with Crippen molar-refractivity contribution in [3.8, 4) is 5.75 Å². The summed E-state index contributed by atoms with van der Waals surface area (Å²) in [7, 11) is 0. The molecular formula is C9H10BrN3O3. The lowest BCUT2D eigenvalue weighted by Crippen LogP contribution is -2.13. The van der Waals surface area contributed by atoms with Crippen LogP contribution < -0.4 is 10.5 Å². The van der Waals surface area contributed by atoms with E-state index in [1.54, 1.807) is 6.07 Å². The normalized spacial score (nSPS) is 9.81. The number of hydrogen-bond donors (Lipinski definition) is 2. The van der Waals surface area contributed by atoms with Crippen LogP contribution in [0.2, 0.25) is 0 Å². The minimum atomic E-state index is -0.496. The topological polar surface area (TPSA) is 102 Å². The molecule has 0 fully saturated rings. The number of nitro benzene ring substituents is 1. The second kappa shape index (κ2) is 5.45. The second-order valence-corrected chi connectivity index (χ2v) is 3.85. The molecule has 3 N–H and O–H groups in total. The van der Waals surface area contributed by atoms with Gasteiger partial charge in [-0.05, 0) is 22.0 Å². The van der Waals surface area contributed by atoms with Crippen molar-refractivity contribution in [1.29, 1.82) is 5.41 Å². The maximum atomic E-state index is 10.5. The molecule has 0 amide bonds. The molecule has 0 aliphatic rings. The highest BCUT2D eigenvalue weighted by Gasteiger charge is 2.10. The van der Waals surface area contributed by atoms with Gasteiger partial charge in [0.15, 0.2) is 0 Å². The van der Waals surface area contributed by atoms with Gasteiger partial charge in [0.1, 0.15) is 5.75 Å². The van der Waals surface area contributed by atoms with Crippen molar-refractivity contribution in [2.45, 2.75) is 6.42 Å². The van der Waals surface area contributed by atoms with Crippen molar-refractivity contribution in [2.75, 3.05) is 6.61 Å². The van der Waals surface area contributed by atoms with E-state index in [4.69, 9.17) is 15.9 Å². The summed E-state index contributed by atoms with van der Waals surface area (Å²) in [5.41, 5.74) is 5.12. The quantitative estimate of drug-likeness (QED) is 0.374. The van der Waals surface area contributed by atoms with Gasteiger partial charge in [0.25, 0.3) is 5.69 Å². The lowest BCUT2D eigenvalue weighted by molar-refractivity contribution is -0.384. The third-order valence-corrected chi connectivity index (χ3v) is 2.41. The predicted molar refractivity (Wildman–Crippen MR) is 62.8 cm³/mol. The van der Waals surface area contributed by atoms with Gasteiger partial charge in [-0.3, -0.25) is 15.5 Å². The zero-order chi connectivity index (χ0) is 12.1. The van der Waals surface area contributed by atoms with E-state index >= 15 is 0 Å². The van der Waals surface area contributed by atoms with Gasteiger partial charge in [-0.25, -0.2) is 0 Å². The molecule has 0 atom stereocenters. The summed E-state index contributed by atoms with van der Waals surface area (Å²) in [6, 6.07) is 4.24. The highest BCUT2D eigenvalue weighted by molar-refractivity contribution is 9.10. The third kappa shape index (κ3) is 3.50. The van der Waals surface area contributed by atoms with Crippen molar-refractivity contribution in [2.24, 2.45) is 5.73 Å². The molecule has 16 heavy (non-hydrogen) atoms. The number of non-ortho nitro benzene ring substituents is 1. The van der Waals surface area contributed by atoms with E-state index < -0.39 is 4.92 Å². The van der Waals surface area contributed by atoms with Crippen LogP contribution in [0.5, 0.6) is 5.75 Å². The lowest BCUT2D eigenvalue weighted by Gasteiger charge is -2.07. The van der Waals surface area contributed by atoms with E-state index in [0.717, 1.165) is 0 Å². The molecule has 0 radical (unpaired) electrons. The van der Waals surface area contributed by atoms with E-state index in [1.165, 1.54) is 12.1 Å². The van der Waals surface area contributed by atoms with Gasteiger partial charge in [-0.1, -0.05) is 0 Å². The minimum absolute atomic E-state index is 0.0153. The molecule has 0 aromatic heterocycles. The van der Waals surface area contributed by atoms with Gasteiger partial charge in [-0.15, -0.1) is 0 Å². The van der Waals surface area contributed by atoms with Crippen molar-refractivity contribution in [3.05, 3.63) is 32.8 Å². The zero-order valence-electron chi connectivity index (χ0n) is 8.27. The molecule has 86 valence electrons. The number of rotatable bonds is 5. The Hall–Kier alpha value is -1.63. The van der Waals surface area contributed by atoms with Gasteiger partial charge in [0, 0.05) is 12.5 Å². The highest BCUT2D eigenvalue weighted by Crippen LogP contribution is 2.29. The van der Waals surface area contributed by atoms with Crippen LogP contribution in [0.4, 0.5) is 5.69 Å². The van der Waals surface area contributed by atoms with Crippen LogP contribution in [0.1, 0.15) is 6.42 Å². The Morgan fingerprint density at radius 2 is 2.31 bits per heavy atom. The SMILES string of the molecule is N=C(N)CCOc1cc([N+](=O)[O-])ccc1Br. The molecule has 6 nitrogen and oxygen atoms in total. The molecule has 0 aliphatic carbocycles. The second-order valence-electron chi connectivity index (χ2n) is 3.00. The maximum absolute atomic E-state index is 10.5. The number of benzene rings is 1. The van der Waals surface area contributed by atoms with E-state index in [9.17, 15) is 10.1 Å². The molecule has 0 spiro atoms. The number of hydrogen-bond acceptors (Lipinski definition) is 4. The number of nitrogens with two attached hydrogens (primary N) is 1. The number of nitrogens with one attached hydrogen (secondary N) is 1. The molecule has 1 aromatic carbocycles. The van der Waals surface area contributed by atoms with Crippen molar-refractivity contribution in [1.82, 2.24) is 0 Å². The average molecular weight is 288 g/mol. The molecular weight excluding hydrogens is 278 g/mol. The Kier molecular flexibility index (Phi) is 4.24. The zero-order valence-corrected chi connectivity index (χ0v) is 9.86. The van der Waals surface area contributed by atoms with E-state index in [0.29, 0.717) is 10.2 Å². The van der Waals surface area contributed by atoms with Crippen molar-refractivity contribution in [3.63, 3.8) is 0 Å². The predicted octanol–water partition coefficient (Wildman–Crippen LogP) is 2.06. The van der Waals surface area contributed by atoms with Crippen LogP contribution in [0, 0.1) is 15.5 Å². The van der Waals surface area contributed by atoms with Crippen LogP contribution >= 0.6 is 15.9 Å². The summed E-state index contributed by atoms with van der Waals surface area (Å²) < 4.78 is 5.89. The van der Waals surface area contributed by atoms with E-state index in [2.05, 4.69) is 15.9 Å². The summed E-state index contributed by atoms with van der Waals surface area (Å²) in [5.74, 6) is 0.386. The van der Waals surface area contributed by atoms with Crippen LogP contribution in [-0.4, -0.2) is 17.4 Å².